The molecule has 0 bridgehead atoms. The number of amides is 1. The first-order chi connectivity index (χ1) is 20.3. The minimum absolute atomic E-state index is 0.0187. The van der Waals surface area contributed by atoms with Crippen LogP contribution in [0.15, 0.2) is 73.3 Å². The molecule has 0 N–H and O–H groups in total. The molecular formula is C34H51NO7Si. The van der Waals surface area contributed by atoms with Crippen molar-refractivity contribution >= 4 is 14.4 Å². The smallest absolute Gasteiger partial charge is 0.410 e. The summed E-state index contributed by atoms with van der Waals surface area (Å²) in [5.74, 6) is -0.924. The molecule has 0 aromatic heterocycles. The molecule has 238 valence electrons. The highest BCUT2D eigenvalue weighted by Crippen LogP contribution is 2.39. The van der Waals surface area contributed by atoms with Crippen LogP contribution in [0.4, 0.5) is 4.79 Å². The number of rotatable bonds is 15. The van der Waals surface area contributed by atoms with Crippen molar-refractivity contribution in [3.05, 3.63) is 84.4 Å². The summed E-state index contributed by atoms with van der Waals surface area (Å²) in [7, 11) is -0.522. The van der Waals surface area contributed by atoms with Gasteiger partial charge in [0.25, 0.3) is 0 Å². The number of hydrogen-bond acceptors (Lipinski definition) is 7. The molecule has 0 radical (unpaired) electrons. The molecule has 0 saturated carbocycles. The number of carbonyl (C=O) groups is 1. The van der Waals surface area contributed by atoms with Crippen molar-refractivity contribution in [1.29, 1.82) is 0 Å². The summed E-state index contributed by atoms with van der Waals surface area (Å²) in [4.78, 5) is 15.6. The minimum atomic E-state index is -2.11. The molecule has 0 unspecified atom stereocenters. The van der Waals surface area contributed by atoms with E-state index in [1.807, 2.05) is 74.5 Å². The second-order valence-corrected chi connectivity index (χ2v) is 17.8. The summed E-state index contributed by atoms with van der Waals surface area (Å²) in [5.41, 5.74) is 1.88. The summed E-state index contributed by atoms with van der Waals surface area (Å²) in [6.45, 7) is 19.6. The molecule has 1 aliphatic heterocycles. The maximum Gasteiger partial charge on any atom is 0.410 e. The lowest BCUT2D eigenvalue weighted by molar-refractivity contribution is -0.175. The van der Waals surface area contributed by atoms with Crippen molar-refractivity contribution in [3.63, 3.8) is 0 Å². The third-order valence-corrected chi connectivity index (χ3v) is 12.7. The average Bonchev–Trinajstić information content (AvgIpc) is 3.28. The van der Waals surface area contributed by atoms with Gasteiger partial charge in [0.15, 0.2) is 14.1 Å². The van der Waals surface area contributed by atoms with Gasteiger partial charge >= 0.3 is 6.09 Å². The van der Waals surface area contributed by atoms with E-state index >= 15 is 0 Å². The summed E-state index contributed by atoms with van der Waals surface area (Å²) >= 11 is 0. The zero-order chi connectivity index (χ0) is 31.7. The average molecular weight is 614 g/mol. The van der Waals surface area contributed by atoms with E-state index in [1.54, 1.807) is 18.1 Å². The molecule has 9 heteroatoms. The van der Waals surface area contributed by atoms with Gasteiger partial charge in [0, 0.05) is 13.7 Å². The molecule has 1 amide bonds. The molecule has 1 aliphatic rings. The van der Waals surface area contributed by atoms with E-state index in [4.69, 9.17) is 28.1 Å². The predicted octanol–water partition coefficient (Wildman–Crippen LogP) is 7.30. The predicted molar refractivity (Wildman–Crippen MR) is 171 cm³/mol. The van der Waals surface area contributed by atoms with E-state index in [-0.39, 0.29) is 18.4 Å². The summed E-state index contributed by atoms with van der Waals surface area (Å²) in [6.07, 6.45) is 0.181. The first kappa shape index (κ1) is 35.0. The highest BCUT2D eigenvalue weighted by molar-refractivity contribution is 6.74. The van der Waals surface area contributed by atoms with Crippen molar-refractivity contribution in [2.45, 2.75) is 102 Å². The van der Waals surface area contributed by atoms with Crippen LogP contribution in [0.3, 0.4) is 0 Å². The summed E-state index contributed by atoms with van der Waals surface area (Å²) in [6, 6.07) is 19.0. The van der Waals surface area contributed by atoms with Gasteiger partial charge in [-0.25, -0.2) is 4.79 Å². The van der Waals surface area contributed by atoms with Crippen LogP contribution in [0.25, 0.3) is 0 Å². The molecule has 8 nitrogen and oxygen atoms in total. The van der Waals surface area contributed by atoms with Gasteiger partial charge in [0.1, 0.15) is 31.7 Å². The van der Waals surface area contributed by atoms with E-state index in [0.29, 0.717) is 19.6 Å². The van der Waals surface area contributed by atoms with Crippen LogP contribution in [0.2, 0.25) is 18.1 Å². The quantitative estimate of drug-likeness (QED) is 0.119. The van der Waals surface area contributed by atoms with E-state index in [1.165, 1.54) is 0 Å². The van der Waals surface area contributed by atoms with Crippen LogP contribution in [0.5, 0.6) is 0 Å². The van der Waals surface area contributed by atoms with Crippen LogP contribution in [-0.4, -0.2) is 70.0 Å². The Morgan fingerprint density at radius 2 is 1.60 bits per heavy atom. The van der Waals surface area contributed by atoms with E-state index in [2.05, 4.69) is 40.4 Å². The molecular weight excluding hydrogens is 562 g/mol. The second-order valence-electron chi connectivity index (χ2n) is 13.0. The van der Waals surface area contributed by atoms with Crippen molar-refractivity contribution in [3.8, 4) is 0 Å². The SMILES string of the molecule is C=CC[C@@H]([C@@H]1OC(C)(C)O[C@@H]1[C@@H](CO[Si](C)(C)C(C)(C)C)OCOC)N(Cc1ccccc1)C(=O)OCc1ccccc1. The number of ether oxygens (including phenoxy) is 5. The van der Waals surface area contributed by atoms with Gasteiger partial charge in [0.2, 0.25) is 0 Å². The van der Waals surface area contributed by atoms with Crippen molar-refractivity contribution in [2.75, 3.05) is 20.5 Å². The fraction of sp³-hybridized carbons (Fsp3) is 0.559. The molecule has 0 aliphatic carbocycles. The Labute approximate surface area is 259 Å². The number of hydrogen-bond donors (Lipinski definition) is 0. The lowest BCUT2D eigenvalue weighted by atomic mass is 9.96. The maximum atomic E-state index is 13.9. The van der Waals surface area contributed by atoms with Gasteiger partial charge in [-0.3, -0.25) is 4.90 Å². The summed E-state index contributed by atoms with van der Waals surface area (Å²) in [5, 5.41) is 0.0187. The number of methoxy groups -OCH3 is 1. The van der Waals surface area contributed by atoms with Crippen molar-refractivity contribution in [2.24, 2.45) is 0 Å². The molecule has 1 heterocycles. The molecule has 43 heavy (non-hydrogen) atoms. The van der Waals surface area contributed by atoms with Crippen LogP contribution >= 0.6 is 0 Å². The molecule has 0 spiro atoms. The third kappa shape index (κ3) is 9.99. The van der Waals surface area contributed by atoms with Crippen molar-refractivity contribution in [1.82, 2.24) is 4.90 Å². The van der Waals surface area contributed by atoms with Crippen LogP contribution in [-0.2, 0) is 41.3 Å². The maximum absolute atomic E-state index is 13.9. The van der Waals surface area contributed by atoms with E-state index < -0.39 is 44.6 Å². The monoisotopic (exact) mass is 613 g/mol. The van der Waals surface area contributed by atoms with Gasteiger partial charge in [-0.15, -0.1) is 6.58 Å². The molecule has 1 fully saturated rings. The largest absolute Gasteiger partial charge is 0.445 e. The Bertz CT molecular complexity index is 1140. The Kier molecular flexibility index (Phi) is 12.6. The zero-order valence-electron chi connectivity index (χ0n) is 27.2. The third-order valence-electron chi connectivity index (χ3n) is 8.17. The Morgan fingerprint density at radius 1 is 1.02 bits per heavy atom. The van der Waals surface area contributed by atoms with Gasteiger partial charge in [-0.05, 0) is 49.5 Å². The summed E-state index contributed by atoms with van der Waals surface area (Å²) < 4.78 is 37.1. The van der Waals surface area contributed by atoms with E-state index in [0.717, 1.165) is 11.1 Å². The zero-order valence-corrected chi connectivity index (χ0v) is 28.2. The Morgan fingerprint density at radius 3 is 2.16 bits per heavy atom. The number of carbonyl (C=O) groups excluding carboxylic acids is 1. The highest BCUT2D eigenvalue weighted by Gasteiger charge is 2.51. The molecule has 2 aromatic carbocycles. The molecule has 3 rings (SSSR count). The fourth-order valence-corrected chi connectivity index (χ4v) is 5.83. The standard InChI is InChI=1S/C34H51NO7Si/c1-10-17-28(35(22-26-18-13-11-14-19-26)32(36)38-23-27-20-15-12-16-21-27)30-31(42-34(5,6)41-30)29(39-25-37-7)24-40-43(8,9)33(2,3)4/h10-16,18-21,28-31H,1,17,22-25H2,2-9H3/t28-,29+,30-,31+/m0/s1. The van der Waals surface area contributed by atoms with Gasteiger partial charge in [-0.2, -0.15) is 0 Å². The van der Waals surface area contributed by atoms with Gasteiger partial charge < -0.3 is 28.1 Å². The fourth-order valence-electron chi connectivity index (χ4n) is 4.81. The number of benzene rings is 2. The Hall–Kier alpha value is -2.53. The highest BCUT2D eigenvalue weighted by atomic mass is 28.4. The Balaban J connectivity index is 1.96. The van der Waals surface area contributed by atoms with Crippen LogP contribution in [0, 0.1) is 0 Å². The molecule has 1 saturated heterocycles. The normalized spacial score (nSPS) is 19.9. The first-order valence-electron chi connectivity index (χ1n) is 15.0. The number of nitrogens with zero attached hydrogens (tertiary/aromatic N) is 1. The topological polar surface area (TPSA) is 75.7 Å². The molecule has 4 atom stereocenters. The van der Waals surface area contributed by atoms with Crippen LogP contribution < -0.4 is 0 Å². The van der Waals surface area contributed by atoms with Gasteiger partial charge in [0.05, 0.1) is 12.6 Å². The second kappa shape index (κ2) is 15.5. The lowest BCUT2D eigenvalue weighted by Gasteiger charge is -2.40. The molecule has 2 aromatic rings. The first-order valence-corrected chi connectivity index (χ1v) is 17.9. The lowest BCUT2D eigenvalue weighted by Crippen LogP contribution is -2.54. The van der Waals surface area contributed by atoms with E-state index in [9.17, 15) is 4.79 Å². The van der Waals surface area contributed by atoms with Crippen molar-refractivity contribution < 1.29 is 32.9 Å². The minimum Gasteiger partial charge on any atom is -0.445 e. The van der Waals surface area contributed by atoms with Crippen LogP contribution in [0.1, 0.15) is 52.2 Å². The van der Waals surface area contributed by atoms with Gasteiger partial charge in [-0.1, -0.05) is 87.5 Å².